The number of hydrogen-bond acceptors (Lipinski definition) is 2. The van der Waals surface area contributed by atoms with Gasteiger partial charge in [-0.15, -0.1) is 0 Å². The van der Waals surface area contributed by atoms with E-state index < -0.39 is 11.6 Å². The summed E-state index contributed by atoms with van der Waals surface area (Å²) in [5.74, 6) is -2.01. The van der Waals surface area contributed by atoms with Gasteiger partial charge in [0.2, 0.25) is 0 Å². The summed E-state index contributed by atoms with van der Waals surface area (Å²) in [5.41, 5.74) is 0.0688. The maximum atomic E-state index is 13.2. The molecule has 4 heteroatoms. The molecule has 0 heterocycles. The first-order valence-electron chi connectivity index (χ1n) is 6.73. The van der Waals surface area contributed by atoms with E-state index in [1.807, 2.05) is 7.05 Å². The van der Waals surface area contributed by atoms with E-state index in [1.54, 1.807) is 0 Å². The number of hydrogen-bond donors (Lipinski definition) is 1. The number of carbonyl (C=O) groups excluding carboxylic acids is 1. The summed E-state index contributed by atoms with van der Waals surface area (Å²) in [6.07, 6.45) is 5.66. The van der Waals surface area contributed by atoms with Crippen molar-refractivity contribution in [2.75, 3.05) is 7.05 Å². The Bertz CT molecular complexity index is 467. The van der Waals surface area contributed by atoms with E-state index >= 15 is 0 Å². The lowest BCUT2D eigenvalue weighted by atomic mass is 9.77. The van der Waals surface area contributed by atoms with Gasteiger partial charge in [0, 0.05) is 17.5 Å². The highest BCUT2D eigenvalue weighted by Crippen LogP contribution is 2.31. The van der Waals surface area contributed by atoms with E-state index in [1.165, 1.54) is 12.5 Å². The lowest BCUT2D eigenvalue weighted by Gasteiger charge is -2.36. The number of benzene rings is 1. The summed E-state index contributed by atoms with van der Waals surface area (Å²) in [6, 6.07) is 3.35. The predicted octanol–water partition coefficient (Wildman–Crippen LogP) is 3.46. The normalized spacial score (nSPS) is 18.3. The van der Waals surface area contributed by atoms with Crippen LogP contribution < -0.4 is 5.32 Å². The number of nitrogens with one attached hydrogen (secondary N) is 1. The van der Waals surface area contributed by atoms with Crippen LogP contribution in [0.15, 0.2) is 18.2 Å². The fraction of sp³-hybridized carbons (Fsp3) is 0.533. The van der Waals surface area contributed by atoms with Crippen LogP contribution in [0.3, 0.4) is 0 Å². The maximum absolute atomic E-state index is 13.2. The van der Waals surface area contributed by atoms with Gasteiger partial charge in [-0.05, 0) is 38.1 Å². The minimum atomic E-state index is -0.965. The minimum Gasteiger partial charge on any atom is -0.314 e. The van der Waals surface area contributed by atoms with Gasteiger partial charge in [0.1, 0.15) is 0 Å². The van der Waals surface area contributed by atoms with E-state index in [0.29, 0.717) is 6.42 Å². The Hall–Kier alpha value is -1.29. The topological polar surface area (TPSA) is 29.1 Å². The molecule has 0 saturated heterocycles. The minimum absolute atomic E-state index is 0.129. The molecule has 0 aliphatic heterocycles. The van der Waals surface area contributed by atoms with Gasteiger partial charge in [-0.3, -0.25) is 4.79 Å². The largest absolute Gasteiger partial charge is 0.314 e. The molecule has 0 unspecified atom stereocenters. The van der Waals surface area contributed by atoms with Gasteiger partial charge < -0.3 is 5.32 Å². The third-order valence-electron chi connectivity index (χ3n) is 4.08. The van der Waals surface area contributed by atoms with Crippen molar-refractivity contribution in [1.29, 1.82) is 0 Å². The Morgan fingerprint density at radius 2 is 1.89 bits per heavy atom. The monoisotopic (exact) mass is 267 g/mol. The smallest absolute Gasteiger partial charge is 0.164 e. The summed E-state index contributed by atoms with van der Waals surface area (Å²) in [4.78, 5) is 12.2. The van der Waals surface area contributed by atoms with Crippen LogP contribution in [0.4, 0.5) is 8.78 Å². The number of carbonyl (C=O) groups is 1. The van der Waals surface area contributed by atoms with E-state index in [9.17, 15) is 13.6 Å². The van der Waals surface area contributed by atoms with Crippen molar-refractivity contribution < 1.29 is 13.6 Å². The molecule has 0 radical (unpaired) electrons. The Morgan fingerprint density at radius 1 is 1.21 bits per heavy atom. The van der Waals surface area contributed by atoms with Crippen molar-refractivity contribution >= 4 is 5.78 Å². The molecule has 1 N–H and O–H groups in total. The molecule has 1 aliphatic rings. The molecule has 1 fully saturated rings. The summed E-state index contributed by atoms with van der Waals surface area (Å²) in [7, 11) is 1.86. The van der Waals surface area contributed by atoms with Gasteiger partial charge in [-0.25, -0.2) is 8.78 Å². The average molecular weight is 267 g/mol. The summed E-state index contributed by atoms with van der Waals surface area (Å²) in [5, 5.41) is 3.26. The lowest BCUT2D eigenvalue weighted by molar-refractivity contribution is 0.0914. The fourth-order valence-electron chi connectivity index (χ4n) is 2.82. The van der Waals surface area contributed by atoms with Crippen LogP contribution in [0.1, 0.15) is 48.9 Å². The summed E-state index contributed by atoms with van der Waals surface area (Å²) >= 11 is 0. The molecule has 104 valence electrons. The molecule has 0 spiro atoms. The Morgan fingerprint density at radius 3 is 2.47 bits per heavy atom. The first kappa shape index (κ1) is 14.1. The molecule has 1 aromatic rings. The predicted molar refractivity (Wildman–Crippen MR) is 70.2 cm³/mol. The highest BCUT2D eigenvalue weighted by molar-refractivity contribution is 5.96. The van der Waals surface area contributed by atoms with Crippen molar-refractivity contribution in [3.05, 3.63) is 35.4 Å². The molecule has 0 aromatic heterocycles. The third-order valence-corrected chi connectivity index (χ3v) is 4.08. The molecule has 1 aromatic carbocycles. The zero-order valence-corrected chi connectivity index (χ0v) is 11.1. The molecular formula is C15H19F2NO. The van der Waals surface area contributed by atoms with Gasteiger partial charge >= 0.3 is 0 Å². The first-order valence-corrected chi connectivity index (χ1v) is 6.73. The molecular weight excluding hydrogens is 248 g/mol. The molecule has 1 saturated carbocycles. The van der Waals surface area contributed by atoms with Crippen LogP contribution in [-0.2, 0) is 0 Å². The van der Waals surface area contributed by atoms with Crippen LogP contribution >= 0.6 is 0 Å². The number of rotatable bonds is 4. The number of halogens is 2. The zero-order valence-electron chi connectivity index (χ0n) is 11.1. The van der Waals surface area contributed by atoms with Crippen LogP contribution in [-0.4, -0.2) is 18.4 Å². The van der Waals surface area contributed by atoms with Crippen molar-refractivity contribution in [1.82, 2.24) is 5.32 Å². The second-order valence-electron chi connectivity index (χ2n) is 5.32. The Balaban J connectivity index is 2.12. The molecule has 0 atom stereocenters. The Kier molecular flexibility index (Phi) is 4.30. The molecule has 1 aliphatic carbocycles. The van der Waals surface area contributed by atoms with Crippen molar-refractivity contribution in [2.45, 2.75) is 44.1 Å². The molecule has 0 bridgehead atoms. The summed E-state index contributed by atoms with van der Waals surface area (Å²) in [6.45, 7) is 0. The van der Waals surface area contributed by atoms with Crippen molar-refractivity contribution in [3.8, 4) is 0 Å². The zero-order chi connectivity index (χ0) is 13.9. The van der Waals surface area contributed by atoms with Gasteiger partial charge in [0.25, 0.3) is 0 Å². The second-order valence-corrected chi connectivity index (χ2v) is 5.32. The van der Waals surface area contributed by atoms with Gasteiger partial charge in [0.15, 0.2) is 17.4 Å². The second kappa shape index (κ2) is 5.78. The van der Waals surface area contributed by atoms with Crippen molar-refractivity contribution in [2.24, 2.45) is 0 Å². The maximum Gasteiger partial charge on any atom is 0.164 e. The first-order chi connectivity index (χ1) is 9.06. The highest BCUT2D eigenvalue weighted by Gasteiger charge is 2.32. The lowest BCUT2D eigenvalue weighted by Crippen LogP contribution is -2.46. The molecule has 2 nitrogen and oxygen atoms in total. The fourth-order valence-corrected chi connectivity index (χ4v) is 2.82. The van der Waals surface area contributed by atoms with E-state index in [-0.39, 0.29) is 16.9 Å². The SMILES string of the molecule is CNC1(CC(=O)c2ccc(F)c(F)c2)CCCCC1. The van der Waals surface area contributed by atoms with Gasteiger partial charge in [-0.1, -0.05) is 19.3 Å². The van der Waals surface area contributed by atoms with E-state index in [2.05, 4.69) is 5.32 Å². The molecule has 0 amide bonds. The van der Waals surface area contributed by atoms with Gasteiger partial charge in [-0.2, -0.15) is 0 Å². The molecule has 2 rings (SSSR count). The van der Waals surface area contributed by atoms with Crippen LogP contribution in [0.2, 0.25) is 0 Å². The van der Waals surface area contributed by atoms with Crippen LogP contribution in [0.5, 0.6) is 0 Å². The summed E-state index contributed by atoms with van der Waals surface area (Å²) < 4.78 is 26.0. The van der Waals surface area contributed by atoms with Gasteiger partial charge in [0.05, 0.1) is 0 Å². The standard InChI is InChI=1S/C15H19F2NO/c1-18-15(7-3-2-4-8-15)10-14(19)11-5-6-12(16)13(17)9-11/h5-6,9,18H,2-4,7-8,10H2,1H3. The molecule has 19 heavy (non-hydrogen) atoms. The third kappa shape index (κ3) is 3.18. The van der Waals surface area contributed by atoms with E-state index in [0.717, 1.165) is 37.8 Å². The number of ketones is 1. The quantitative estimate of drug-likeness (QED) is 0.846. The van der Waals surface area contributed by atoms with Crippen molar-refractivity contribution in [3.63, 3.8) is 0 Å². The average Bonchev–Trinajstić information content (AvgIpc) is 2.43. The van der Waals surface area contributed by atoms with Crippen LogP contribution in [0, 0.1) is 11.6 Å². The Labute approximate surface area is 112 Å². The van der Waals surface area contributed by atoms with Crippen LogP contribution in [0.25, 0.3) is 0 Å². The van der Waals surface area contributed by atoms with E-state index in [4.69, 9.17) is 0 Å². The number of Topliss-reactive ketones (excluding diaryl/α,β-unsaturated/α-hetero) is 1. The highest BCUT2D eigenvalue weighted by atomic mass is 19.2.